The molecular formula is C34H32O9. The molecule has 3 heterocycles. The largest absolute Gasteiger partial charge is 0.497 e. The zero-order chi connectivity index (χ0) is 29.9. The van der Waals surface area contributed by atoms with Crippen molar-refractivity contribution < 1.29 is 43.1 Å². The molecule has 0 bridgehead atoms. The molecule has 222 valence electrons. The maximum atomic E-state index is 13.6. The lowest BCUT2D eigenvalue weighted by Crippen LogP contribution is -2.62. The summed E-state index contributed by atoms with van der Waals surface area (Å²) in [7, 11) is 5.97. The maximum Gasteiger partial charge on any atom is 0.282 e. The van der Waals surface area contributed by atoms with Crippen LogP contribution >= 0.6 is 0 Å². The van der Waals surface area contributed by atoms with Crippen molar-refractivity contribution in [3.05, 3.63) is 106 Å². The van der Waals surface area contributed by atoms with E-state index in [0.29, 0.717) is 17.5 Å². The highest BCUT2D eigenvalue weighted by atomic mass is 16.7. The monoisotopic (exact) mass is 584 g/mol. The standard InChI is InChI=1S/C34H32O9/c1-37-26-18-22(35)21-15-16-24(19-11-7-5-8-12-19)42-34(21)33(26,40-4)28-29(43-34)27-23(36)17-25(20-13-9-6-10-14-20)41-30(27)32(39-3)31(28)38-2/h5-15,18,23-25,36H,16-17H2,1-4H3/t23-,24+,25+,33-,34+/m1/s1. The molecule has 43 heavy (non-hydrogen) atoms. The Labute approximate surface area is 249 Å². The summed E-state index contributed by atoms with van der Waals surface area (Å²) < 4.78 is 44.5. The van der Waals surface area contributed by atoms with Crippen molar-refractivity contribution in [2.45, 2.75) is 42.5 Å². The smallest absolute Gasteiger partial charge is 0.282 e. The molecule has 0 amide bonds. The minimum absolute atomic E-state index is 0.165. The minimum Gasteiger partial charge on any atom is -0.497 e. The van der Waals surface area contributed by atoms with E-state index in [9.17, 15) is 9.90 Å². The number of aliphatic hydroxyl groups excluding tert-OH is 1. The fraction of sp³-hybridized carbons (Fsp3) is 0.324. The normalized spacial score (nSPS) is 28.6. The van der Waals surface area contributed by atoms with E-state index < -0.39 is 29.7 Å². The maximum absolute atomic E-state index is 13.6. The Bertz CT molecular complexity index is 1650. The third kappa shape index (κ3) is 3.65. The number of rotatable bonds is 6. The number of hydrogen-bond donors (Lipinski definition) is 1. The van der Waals surface area contributed by atoms with Crippen LogP contribution in [0.25, 0.3) is 0 Å². The number of allylic oxidation sites excluding steroid dienone is 1. The summed E-state index contributed by atoms with van der Waals surface area (Å²) >= 11 is 0. The van der Waals surface area contributed by atoms with E-state index in [-0.39, 0.29) is 46.5 Å². The molecule has 0 fully saturated rings. The second kappa shape index (κ2) is 10.2. The summed E-state index contributed by atoms with van der Waals surface area (Å²) in [6.07, 6.45) is 1.94. The molecule has 1 N–H and O–H groups in total. The summed E-state index contributed by atoms with van der Waals surface area (Å²) in [5.74, 6) is -0.973. The van der Waals surface area contributed by atoms with Gasteiger partial charge in [-0.25, -0.2) is 0 Å². The third-order valence-corrected chi connectivity index (χ3v) is 8.80. The number of aliphatic hydroxyl groups is 1. The van der Waals surface area contributed by atoms with Gasteiger partial charge >= 0.3 is 0 Å². The number of hydrogen-bond acceptors (Lipinski definition) is 9. The first-order valence-electron chi connectivity index (χ1n) is 14.1. The highest BCUT2D eigenvalue weighted by Gasteiger charge is 2.74. The molecule has 0 unspecified atom stereocenters. The van der Waals surface area contributed by atoms with Crippen molar-refractivity contribution in [2.75, 3.05) is 28.4 Å². The molecule has 3 aliphatic heterocycles. The molecule has 9 nitrogen and oxygen atoms in total. The van der Waals surface area contributed by atoms with E-state index in [1.807, 2.05) is 66.7 Å². The molecule has 4 aliphatic rings. The van der Waals surface area contributed by atoms with Crippen LogP contribution in [0.3, 0.4) is 0 Å². The van der Waals surface area contributed by atoms with Crippen LogP contribution in [-0.2, 0) is 24.6 Å². The van der Waals surface area contributed by atoms with Crippen molar-refractivity contribution in [3.8, 4) is 23.0 Å². The molecule has 5 atom stereocenters. The van der Waals surface area contributed by atoms with Crippen LogP contribution in [0.2, 0.25) is 0 Å². The van der Waals surface area contributed by atoms with Crippen LogP contribution in [0.15, 0.2) is 84.1 Å². The molecule has 9 heteroatoms. The van der Waals surface area contributed by atoms with Gasteiger partial charge < -0.3 is 38.3 Å². The van der Waals surface area contributed by atoms with Gasteiger partial charge in [0, 0.05) is 19.6 Å². The summed E-state index contributed by atoms with van der Waals surface area (Å²) in [5, 5.41) is 11.8. The molecule has 3 aromatic carbocycles. The minimum atomic E-state index is -1.82. The average Bonchev–Trinajstić information content (AvgIpc) is 3.34. The topological polar surface area (TPSA) is 102 Å². The lowest BCUT2D eigenvalue weighted by Gasteiger charge is -2.49. The van der Waals surface area contributed by atoms with Crippen molar-refractivity contribution in [1.29, 1.82) is 0 Å². The molecule has 0 saturated heterocycles. The van der Waals surface area contributed by atoms with E-state index in [0.717, 1.165) is 11.1 Å². The lowest BCUT2D eigenvalue weighted by atomic mass is 9.72. The molecule has 7 rings (SSSR count). The molecule has 1 aliphatic carbocycles. The molecule has 3 aromatic rings. The second-order valence-electron chi connectivity index (χ2n) is 10.8. The Morgan fingerprint density at radius 2 is 1.49 bits per heavy atom. The zero-order valence-corrected chi connectivity index (χ0v) is 24.3. The second-order valence-corrected chi connectivity index (χ2v) is 10.8. The van der Waals surface area contributed by atoms with Gasteiger partial charge in [-0.1, -0.05) is 66.7 Å². The van der Waals surface area contributed by atoms with Crippen molar-refractivity contribution in [2.24, 2.45) is 0 Å². The van der Waals surface area contributed by atoms with Gasteiger partial charge in [-0.05, 0) is 17.5 Å². The van der Waals surface area contributed by atoms with Crippen molar-refractivity contribution in [1.82, 2.24) is 0 Å². The predicted molar refractivity (Wildman–Crippen MR) is 154 cm³/mol. The first kappa shape index (κ1) is 27.5. The quantitative estimate of drug-likeness (QED) is 0.409. The van der Waals surface area contributed by atoms with E-state index in [4.69, 9.17) is 33.2 Å². The first-order valence-corrected chi connectivity index (χ1v) is 14.1. The van der Waals surface area contributed by atoms with Gasteiger partial charge in [0.05, 0.1) is 50.2 Å². The van der Waals surface area contributed by atoms with Crippen LogP contribution < -0.4 is 18.9 Å². The molecular weight excluding hydrogens is 552 g/mol. The summed E-state index contributed by atoms with van der Waals surface area (Å²) in [6.45, 7) is 0. The summed E-state index contributed by atoms with van der Waals surface area (Å²) in [4.78, 5) is 13.6. The highest BCUT2D eigenvalue weighted by molar-refractivity contribution is 6.08. The number of carbonyl (C=O) groups is 1. The predicted octanol–water partition coefficient (Wildman–Crippen LogP) is 5.39. The Balaban J connectivity index is 1.50. The highest BCUT2D eigenvalue weighted by Crippen LogP contribution is 2.69. The van der Waals surface area contributed by atoms with E-state index in [1.165, 1.54) is 34.5 Å². The Morgan fingerprint density at radius 1 is 0.837 bits per heavy atom. The molecule has 1 spiro atoms. The van der Waals surface area contributed by atoms with E-state index in [1.54, 1.807) is 0 Å². The van der Waals surface area contributed by atoms with E-state index in [2.05, 4.69) is 0 Å². The number of methoxy groups -OCH3 is 4. The van der Waals surface area contributed by atoms with Crippen LogP contribution in [-0.4, -0.2) is 45.1 Å². The van der Waals surface area contributed by atoms with E-state index >= 15 is 0 Å². The number of benzene rings is 3. The summed E-state index contributed by atoms with van der Waals surface area (Å²) in [5.41, 5.74) is 1.15. The molecule has 0 radical (unpaired) electrons. The van der Waals surface area contributed by atoms with Gasteiger partial charge in [0.2, 0.25) is 11.4 Å². The number of fused-ring (bicyclic) bond motifs is 4. The van der Waals surface area contributed by atoms with Gasteiger partial charge in [-0.2, -0.15) is 0 Å². The van der Waals surface area contributed by atoms with Crippen LogP contribution in [0.4, 0.5) is 0 Å². The van der Waals surface area contributed by atoms with Crippen molar-refractivity contribution in [3.63, 3.8) is 0 Å². The molecule has 0 saturated carbocycles. The van der Waals surface area contributed by atoms with Gasteiger partial charge in [0.1, 0.15) is 17.6 Å². The van der Waals surface area contributed by atoms with Crippen LogP contribution in [0.5, 0.6) is 23.0 Å². The Morgan fingerprint density at radius 3 is 2.09 bits per heavy atom. The average molecular weight is 585 g/mol. The number of carbonyl (C=O) groups excluding carboxylic acids is 1. The van der Waals surface area contributed by atoms with Crippen LogP contribution in [0.1, 0.15) is 53.4 Å². The van der Waals surface area contributed by atoms with Gasteiger partial charge in [0.25, 0.3) is 5.79 Å². The van der Waals surface area contributed by atoms with Gasteiger partial charge in [0.15, 0.2) is 17.3 Å². The van der Waals surface area contributed by atoms with Gasteiger partial charge in [-0.15, -0.1) is 0 Å². The SMILES string of the molecule is COC1=CC(=O)C2=CC[C@@H](c3ccccc3)O[C@]23Oc2c4c(c(OC)c(OC)c2[C@]13OC)O[C@H](c1ccccc1)C[C@H]4O. The van der Waals surface area contributed by atoms with Crippen molar-refractivity contribution >= 4 is 5.78 Å². The van der Waals surface area contributed by atoms with Gasteiger partial charge in [-0.3, -0.25) is 4.79 Å². The first-order chi connectivity index (χ1) is 20.9. The Kier molecular flexibility index (Phi) is 6.50. The lowest BCUT2D eigenvalue weighted by molar-refractivity contribution is -0.279. The fourth-order valence-electron chi connectivity index (χ4n) is 6.95. The third-order valence-electron chi connectivity index (χ3n) is 8.80. The number of ketones is 1. The zero-order valence-electron chi connectivity index (χ0n) is 24.3. The number of ether oxygens (including phenoxy) is 7. The summed E-state index contributed by atoms with van der Waals surface area (Å²) in [6, 6.07) is 19.4. The van der Waals surface area contributed by atoms with Crippen LogP contribution in [0, 0.1) is 0 Å². The Hall–Kier alpha value is -4.31. The fourth-order valence-corrected chi connectivity index (χ4v) is 6.95. The molecule has 0 aromatic heterocycles.